The molecule has 15 heavy (non-hydrogen) atoms. The van der Waals surface area contributed by atoms with E-state index in [0.717, 1.165) is 0 Å². The van der Waals surface area contributed by atoms with E-state index in [1.54, 1.807) is 0 Å². The predicted octanol–water partition coefficient (Wildman–Crippen LogP) is 4.54. The lowest BCUT2D eigenvalue weighted by Crippen LogP contribution is -2.59. The second-order valence-corrected chi connectivity index (χ2v) is 16.8. The molecular formula is C12H31NSi2. The second kappa shape index (κ2) is 6.21. The molecule has 0 N–H and O–H groups in total. The summed E-state index contributed by atoms with van der Waals surface area (Å²) in [5.74, 6) is 0. The maximum atomic E-state index is 2.90. The normalized spacial score (nSPS) is 13.6. The van der Waals surface area contributed by atoms with Gasteiger partial charge in [-0.05, 0) is 13.0 Å². The fourth-order valence-electron chi connectivity index (χ4n) is 2.37. The molecule has 0 rings (SSSR count). The van der Waals surface area contributed by atoms with Gasteiger partial charge in [-0.1, -0.05) is 65.5 Å². The first kappa shape index (κ1) is 15.4. The van der Waals surface area contributed by atoms with Crippen molar-refractivity contribution in [3.05, 3.63) is 0 Å². The van der Waals surface area contributed by atoms with Crippen molar-refractivity contribution in [2.45, 2.75) is 71.9 Å². The molecule has 0 aliphatic carbocycles. The van der Waals surface area contributed by atoms with Gasteiger partial charge in [0.25, 0.3) is 0 Å². The van der Waals surface area contributed by atoms with Crippen LogP contribution in [0, 0.1) is 0 Å². The Kier molecular flexibility index (Phi) is 6.37. The van der Waals surface area contributed by atoms with Gasteiger partial charge in [0, 0.05) is 0 Å². The van der Waals surface area contributed by atoms with E-state index in [2.05, 4.69) is 50.4 Å². The summed E-state index contributed by atoms with van der Waals surface area (Å²) in [7, 11) is -2.17. The lowest BCUT2D eigenvalue weighted by Gasteiger charge is -2.43. The Labute approximate surface area is 99.4 Å². The molecule has 0 aliphatic rings. The Morgan fingerprint density at radius 1 is 0.733 bits per heavy atom. The molecule has 0 amide bonds. The van der Waals surface area contributed by atoms with Gasteiger partial charge in [-0.3, -0.25) is 0 Å². The highest BCUT2D eigenvalue weighted by atomic mass is 28.4. The summed E-state index contributed by atoms with van der Waals surface area (Å²) >= 11 is 0. The quantitative estimate of drug-likeness (QED) is 0.470. The first-order valence-electron chi connectivity index (χ1n) is 6.47. The van der Waals surface area contributed by atoms with Crippen LogP contribution in [0.5, 0.6) is 0 Å². The van der Waals surface area contributed by atoms with Crippen molar-refractivity contribution in [1.82, 2.24) is 4.23 Å². The van der Waals surface area contributed by atoms with Crippen molar-refractivity contribution >= 4 is 16.5 Å². The van der Waals surface area contributed by atoms with Gasteiger partial charge in [-0.15, -0.1) is 0 Å². The summed E-state index contributed by atoms with van der Waals surface area (Å²) in [5.41, 5.74) is 0. The van der Waals surface area contributed by atoms with E-state index in [0.29, 0.717) is 0 Å². The maximum Gasteiger partial charge on any atom is 0.112 e. The lowest BCUT2D eigenvalue weighted by molar-refractivity contribution is 0.546. The number of hydrogen-bond acceptors (Lipinski definition) is 1. The average Bonchev–Trinajstić information content (AvgIpc) is 1.99. The van der Waals surface area contributed by atoms with Crippen molar-refractivity contribution < 1.29 is 0 Å². The van der Waals surface area contributed by atoms with Gasteiger partial charge in [0.05, 0.1) is 0 Å². The van der Waals surface area contributed by atoms with Crippen LogP contribution in [0.25, 0.3) is 0 Å². The van der Waals surface area contributed by atoms with E-state index in [1.807, 2.05) is 0 Å². The zero-order valence-corrected chi connectivity index (χ0v) is 14.0. The summed E-state index contributed by atoms with van der Waals surface area (Å²) < 4.78 is 2.90. The molecule has 92 valence electrons. The third-order valence-corrected chi connectivity index (χ3v) is 10.6. The third-order valence-electron chi connectivity index (χ3n) is 2.85. The summed E-state index contributed by atoms with van der Waals surface area (Å²) in [6.07, 6.45) is 5.58. The molecule has 0 radical (unpaired) electrons. The smallest absolute Gasteiger partial charge is 0.112 e. The van der Waals surface area contributed by atoms with Crippen LogP contribution >= 0.6 is 0 Å². The third kappa shape index (κ3) is 6.53. The molecule has 0 unspecified atom stereocenters. The summed E-state index contributed by atoms with van der Waals surface area (Å²) in [6, 6.07) is 0. The van der Waals surface area contributed by atoms with Crippen LogP contribution in [0.15, 0.2) is 0 Å². The van der Waals surface area contributed by atoms with E-state index in [1.165, 1.54) is 32.2 Å². The fourth-order valence-corrected chi connectivity index (χ4v) is 12.1. The molecule has 0 aromatic rings. The van der Waals surface area contributed by atoms with Crippen molar-refractivity contribution in [2.24, 2.45) is 0 Å². The fraction of sp³-hybridized carbons (Fsp3) is 1.00. The van der Waals surface area contributed by atoms with Gasteiger partial charge in [0.15, 0.2) is 0 Å². The number of nitrogens with zero attached hydrogens (tertiary/aromatic N) is 1. The molecule has 0 heterocycles. The average molecular weight is 246 g/mol. The zero-order chi connectivity index (χ0) is 12.1. The molecule has 0 aromatic carbocycles. The standard InChI is InChI=1S/C12H31NSi2/c1-8-9-10-11-12-13(14(2,3)4)15(5,6)7/h8-12H2,1-7H3. The maximum absolute atomic E-state index is 2.90. The Bertz CT molecular complexity index is 153. The van der Waals surface area contributed by atoms with Crippen molar-refractivity contribution in [1.29, 1.82) is 0 Å². The highest BCUT2D eigenvalue weighted by Crippen LogP contribution is 2.20. The molecule has 3 heteroatoms. The van der Waals surface area contributed by atoms with Crippen LogP contribution in [-0.2, 0) is 0 Å². The zero-order valence-electron chi connectivity index (χ0n) is 12.0. The minimum absolute atomic E-state index is 1.09. The minimum atomic E-state index is -1.09. The number of hydrogen-bond donors (Lipinski definition) is 0. The molecule has 0 spiro atoms. The lowest BCUT2D eigenvalue weighted by atomic mass is 10.2. The molecule has 0 atom stereocenters. The summed E-state index contributed by atoms with van der Waals surface area (Å²) in [6.45, 7) is 18.6. The van der Waals surface area contributed by atoms with E-state index >= 15 is 0 Å². The topological polar surface area (TPSA) is 3.24 Å². The number of rotatable bonds is 7. The Morgan fingerprint density at radius 3 is 1.53 bits per heavy atom. The Hall–Kier alpha value is 0.394. The van der Waals surface area contributed by atoms with Crippen LogP contribution in [0.2, 0.25) is 39.3 Å². The first-order valence-corrected chi connectivity index (χ1v) is 13.4. The van der Waals surface area contributed by atoms with Crippen molar-refractivity contribution in [2.75, 3.05) is 6.54 Å². The second-order valence-electron chi connectivity index (χ2n) is 6.55. The van der Waals surface area contributed by atoms with Gasteiger partial charge in [-0.25, -0.2) is 0 Å². The predicted molar refractivity (Wildman–Crippen MR) is 77.5 cm³/mol. The van der Waals surface area contributed by atoms with Crippen LogP contribution < -0.4 is 0 Å². The van der Waals surface area contributed by atoms with E-state index in [9.17, 15) is 0 Å². The molecular weight excluding hydrogens is 214 g/mol. The summed E-state index contributed by atoms with van der Waals surface area (Å²) in [5, 5.41) is 0. The largest absolute Gasteiger partial charge is 0.346 e. The SMILES string of the molecule is CCCCCCN([Si](C)(C)C)[Si](C)(C)C. The minimum Gasteiger partial charge on any atom is -0.346 e. The molecule has 1 nitrogen and oxygen atoms in total. The Balaban J connectivity index is 4.17. The number of unbranched alkanes of at least 4 members (excludes halogenated alkanes) is 3. The van der Waals surface area contributed by atoms with Gasteiger partial charge < -0.3 is 4.23 Å². The summed E-state index contributed by atoms with van der Waals surface area (Å²) in [4.78, 5) is 0. The van der Waals surface area contributed by atoms with Crippen LogP contribution in [0.1, 0.15) is 32.6 Å². The van der Waals surface area contributed by atoms with Gasteiger partial charge in [0.2, 0.25) is 0 Å². The molecule has 0 aromatic heterocycles. The van der Waals surface area contributed by atoms with Crippen LogP contribution in [-0.4, -0.2) is 27.2 Å². The van der Waals surface area contributed by atoms with E-state index < -0.39 is 16.5 Å². The Morgan fingerprint density at radius 2 is 1.20 bits per heavy atom. The van der Waals surface area contributed by atoms with Gasteiger partial charge >= 0.3 is 0 Å². The van der Waals surface area contributed by atoms with Crippen LogP contribution in [0.4, 0.5) is 0 Å². The highest BCUT2D eigenvalue weighted by molar-refractivity contribution is 6.89. The first-order chi connectivity index (χ1) is 6.69. The molecule has 0 bridgehead atoms. The van der Waals surface area contributed by atoms with E-state index in [-0.39, 0.29) is 0 Å². The van der Waals surface area contributed by atoms with Gasteiger partial charge in [-0.2, -0.15) is 0 Å². The molecule has 0 saturated heterocycles. The van der Waals surface area contributed by atoms with E-state index in [4.69, 9.17) is 0 Å². The monoisotopic (exact) mass is 245 g/mol. The highest BCUT2D eigenvalue weighted by Gasteiger charge is 2.33. The van der Waals surface area contributed by atoms with Crippen LogP contribution in [0.3, 0.4) is 0 Å². The van der Waals surface area contributed by atoms with Crippen molar-refractivity contribution in [3.8, 4) is 0 Å². The molecule has 0 fully saturated rings. The van der Waals surface area contributed by atoms with Crippen molar-refractivity contribution in [3.63, 3.8) is 0 Å². The van der Waals surface area contributed by atoms with Gasteiger partial charge in [0.1, 0.15) is 16.5 Å². The molecule has 0 saturated carbocycles. The molecule has 0 aliphatic heterocycles.